The van der Waals surface area contributed by atoms with Gasteiger partial charge in [-0.25, -0.2) is 14.4 Å². The number of imidazole rings is 1. The molecule has 0 saturated carbocycles. The maximum absolute atomic E-state index is 14.8. The van der Waals surface area contributed by atoms with Crippen molar-refractivity contribution in [2.45, 2.75) is 26.9 Å². The van der Waals surface area contributed by atoms with Crippen LogP contribution in [0.25, 0.3) is 34.0 Å². The number of hydrogen-bond acceptors (Lipinski definition) is 5. The quantitative estimate of drug-likeness (QED) is 0.160. The molecule has 2 N–H and O–H groups in total. The SMILES string of the molecule is CC(C)(C)CNc1nc(-c2[nH]c(-c3c(F)cccc3C(F)(F)F)nc2-c2ccccc2)ccc1[N+](=O)[O-]. The molecule has 2 heterocycles. The lowest BCUT2D eigenvalue weighted by Crippen LogP contribution is -2.20. The molecule has 0 atom stereocenters. The molecule has 4 rings (SSSR count). The van der Waals surface area contributed by atoms with E-state index < -0.39 is 28.0 Å². The van der Waals surface area contributed by atoms with E-state index in [9.17, 15) is 27.7 Å². The van der Waals surface area contributed by atoms with Gasteiger partial charge in [-0.15, -0.1) is 0 Å². The molecule has 0 unspecified atom stereocenters. The van der Waals surface area contributed by atoms with Crippen LogP contribution in [0.1, 0.15) is 26.3 Å². The third kappa shape index (κ3) is 5.60. The number of aromatic amines is 1. The molecule has 7 nitrogen and oxygen atoms in total. The fraction of sp³-hybridized carbons (Fsp3) is 0.231. The minimum absolute atomic E-state index is 0.00513. The smallest absolute Gasteiger partial charge is 0.364 e. The van der Waals surface area contributed by atoms with Gasteiger partial charge in [0.15, 0.2) is 0 Å². The van der Waals surface area contributed by atoms with Gasteiger partial charge in [-0.3, -0.25) is 10.1 Å². The maximum atomic E-state index is 14.8. The van der Waals surface area contributed by atoms with Crippen molar-refractivity contribution in [3.8, 4) is 34.0 Å². The van der Waals surface area contributed by atoms with E-state index in [1.54, 1.807) is 30.3 Å². The van der Waals surface area contributed by atoms with Crippen molar-refractivity contribution in [3.63, 3.8) is 0 Å². The molecular formula is C26H23F4N5O2. The molecule has 2 aromatic carbocycles. The van der Waals surface area contributed by atoms with E-state index in [0.29, 0.717) is 12.1 Å². The van der Waals surface area contributed by atoms with E-state index >= 15 is 0 Å². The standard InChI is InChI=1S/C26H23F4N5O2/c1-25(2,3)14-31-23-19(35(36)37)13-12-18(32-23)22-21(15-8-5-4-6-9-15)33-24(34-22)20-16(26(28,29)30)10-7-11-17(20)27/h4-13H,14H2,1-3H3,(H,31,32)(H,33,34). The molecule has 0 radical (unpaired) electrons. The van der Waals surface area contributed by atoms with Crippen LogP contribution in [0.4, 0.5) is 29.1 Å². The van der Waals surface area contributed by atoms with Gasteiger partial charge < -0.3 is 10.3 Å². The van der Waals surface area contributed by atoms with Gasteiger partial charge in [-0.2, -0.15) is 13.2 Å². The molecule has 0 spiro atoms. The van der Waals surface area contributed by atoms with Gasteiger partial charge in [-0.1, -0.05) is 57.2 Å². The number of pyridine rings is 1. The number of anilines is 1. The summed E-state index contributed by atoms with van der Waals surface area (Å²) < 4.78 is 56.0. The minimum Gasteiger partial charge on any atom is -0.364 e. The first-order chi connectivity index (χ1) is 17.3. The molecule has 0 aliphatic heterocycles. The summed E-state index contributed by atoms with van der Waals surface area (Å²) in [6.07, 6.45) is -4.83. The Morgan fingerprint density at radius 3 is 2.30 bits per heavy atom. The number of benzene rings is 2. The Labute approximate surface area is 209 Å². The maximum Gasteiger partial charge on any atom is 0.417 e. The zero-order valence-corrected chi connectivity index (χ0v) is 20.2. The van der Waals surface area contributed by atoms with Crippen molar-refractivity contribution in [1.82, 2.24) is 15.0 Å². The van der Waals surface area contributed by atoms with Gasteiger partial charge in [0.25, 0.3) is 0 Å². The molecule has 0 bridgehead atoms. The highest BCUT2D eigenvalue weighted by molar-refractivity contribution is 5.81. The summed E-state index contributed by atoms with van der Waals surface area (Å²) in [7, 11) is 0. The highest BCUT2D eigenvalue weighted by Crippen LogP contribution is 2.40. The van der Waals surface area contributed by atoms with E-state index in [1.807, 2.05) is 20.8 Å². The van der Waals surface area contributed by atoms with Crippen LogP contribution in [0.3, 0.4) is 0 Å². The van der Waals surface area contributed by atoms with Crippen molar-refractivity contribution in [2.24, 2.45) is 5.41 Å². The van der Waals surface area contributed by atoms with Crippen LogP contribution in [0.2, 0.25) is 0 Å². The Morgan fingerprint density at radius 2 is 1.68 bits per heavy atom. The number of nitrogens with zero attached hydrogens (tertiary/aromatic N) is 3. The van der Waals surface area contributed by atoms with Crippen LogP contribution in [-0.2, 0) is 6.18 Å². The van der Waals surface area contributed by atoms with Crippen LogP contribution >= 0.6 is 0 Å². The number of rotatable bonds is 6. The Bertz CT molecular complexity index is 1440. The summed E-state index contributed by atoms with van der Waals surface area (Å²) in [4.78, 5) is 22.6. The monoisotopic (exact) mass is 513 g/mol. The van der Waals surface area contributed by atoms with Crippen molar-refractivity contribution >= 4 is 11.5 Å². The van der Waals surface area contributed by atoms with E-state index in [1.165, 1.54) is 12.1 Å². The van der Waals surface area contributed by atoms with E-state index in [-0.39, 0.29) is 39.8 Å². The molecule has 192 valence electrons. The van der Waals surface area contributed by atoms with Gasteiger partial charge in [0.2, 0.25) is 5.82 Å². The average Bonchev–Trinajstić information content (AvgIpc) is 3.27. The summed E-state index contributed by atoms with van der Waals surface area (Å²) >= 11 is 0. The second-order valence-corrected chi connectivity index (χ2v) is 9.57. The van der Waals surface area contributed by atoms with Gasteiger partial charge in [0.05, 0.1) is 33.1 Å². The second-order valence-electron chi connectivity index (χ2n) is 9.57. The van der Waals surface area contributed by atoms with Crippen LogP contribution in [0, 0.1) is 21.3 Å². The molecule has 37 heavy (non-hydrogen) atoms. The molecule has 0 amide bonds. The molecule has 0 fully saturated rings. The van der Waals surface area contributed by atoms with Crippen molar-refractivity contribution in [1.29, 1.82) is 0 Å². The number of hydrogen-bond donors (Lipinski definition) is 2. The first-order valence-electron chi connectivity index (χ1n) is 11.3. The van der Waals surface area contributed by atoms with Crippen LogP contribution in [-0.4, -0.2) is 26.4 Å². The average molecular weight is 513 g/mol. The summed E-state index contributed by atoms with van der Waals surface area (Å²) in [5.41, 5.74) is -1.27. The fourth-order valence-electron chi connectivity index (χ4n) is 3.70. The lowest BCUT2D eigenvalue weighted by molar-refractivity contribution is -0.384. The van der Waals surface area contributed by atoms with Crippen LogP contribution in [0.15, 0.2) is 60.7 Å². The molecule has 0 aliphatic rings. The van der Waals surface area contributed by atoms with Crippen molar-refractivity contribution in [2.75, 3.05) is 11.9 Å². The predicted molar refractivity (Wildman–Crippen MR) is 132 cm³/mol. The summed E-state index contributed by atoms with van der Waals surface area (Å²) in [6.45, 7) is 6.19. The Kier molecular flexibility index (Phi) is 6.72. The van der Waals surface area contributed by atoms with E-state index in [2.05, 4.69) is 20.3 Å². The van der Waals surface area contributed by atoms with Gasteiger partial charge in [0, 0.05) is 18.2 Å². The largest absolute Gasteiger partial charge is 0.417 e. The third-order valence-corrected chi connectivity index (χ3v) is 5.42. The van der Waals surface area contributed by atoms with Gasteiger partial charge in [-0.05, 0) is 23.6 Å². The van der Waals surface area contributed by atoms with Crippen molar-refractivity contribution in [3.05, 3.63) is 82.2 Å². The Balaban J connectivity index is 1.94. The normalized spacial score (nSPS) is 12.0. The molecular weight excluding hydrogens is 490 g/mol. The lowest BCUT2D eigenvalue weighted by Gasteiger charge is -2.19. The van der Waals surface area contributed by atoms with Crippen LogP contribution in [0.5, 0.6) is 0 Å². The van der Waals surface area contributed by atoms with E-state index in [4.69, 9.17) is 0 Å². The Hall–Kier alpha value is -4.28. The zero-order chi connectivity index (χ0) is 27.0. The number of H-pyrrole nitrogens is 1. The Morgan fingerprint density at radius 1 is 0.973 bits per heavy atom. The first-order valence-corrected chi connectivity index (χ1v) is 11.3. The predicted octanol–water partition coefficient (Wildman–Crippen LogP) is 7.33. The highest BCUT2D eigenvalue weighted by atomic mass is 19.4. The fourth-order valence-corrected chi connectivity index (χ4v) is 3.70. The van der Waals surface area contributed by atoms with E-state index in [0.717, 1.165) is 18.2 Å². The summed E-state index contributed by atoms with van der Waals surface area (Å²) in [5, 5.41) is 14.6. The topological polar surface area (TPSA) is 96.7 Å². The van der Waals surface area contributed by atoms with Gasteiger partial charge >= 0.3 is 11.9 Å². The number of alkyl halides is 3. The van der Waals surface area contributed by atoms with Gasteiger partial charge in [0.1, 0.15) is 11.6 Å². The third-order valence-electron chi connectivity index (χ3n) is 5.42. The number of aromatic nitrogens is 3. The van der Waals surface area contributed by atoms with Crippen molar-refractivity contribution < 1.29 is 22.5 Å². The first kappa shape index (κ1) is 25.8. The van der Waals surface area contributed by atoms with Crippen LogP contribution < -0.4 is 5.32 Å². The number of nitro groups is 1. The molecule has 0 aliphatic carbocycles. The number of nitrogens with one attached hydrogen (secondary N) is 2. The molecule has 2 aromatic heterocycles. The molecule has 0 saturated heterocycles. The molecule has 4 aromatic rings. The molecule has 11 heteroatoms. The summed E-state index contributed by atoms with van der Waals surface area (Å²) in [5.74, 6) is -1.45. The summed E-state index contributed by atoms with van der Waals surface area (Å²) in [6, 6.07) is 13.9. The zero-order valence-electron chi connectivity index (χ0n) is 20.2. The highest BCUT2D eigenvalue weighted by Gasteiger charge is 2.36. The number of halogens is 4. The second kappa shape index (κ2) is 9.64. The lowest BCUT2D eigenvalue weighted by atomic mass is 9.97. The minimum atomic E-state index is -4.83.